The van der Waals surface area contributed by atoms with Crippen molar-refractivity contribution in [3.63, 3.8) is 0 Å². The Labute approximate surface area is 107 Å². The van der Waals surface area contributed by atoms with E-state index in [1.165, 1.54) is 5.56 Å². The van der Waals surface area contributed by atoms with Crippen molar-refractivity contribution in [2.24, 2.45) is 0 Å². The van der Waals surface area contributed by atoms with E-state index >= 15 is 0 Å². The highest BCUT2D eigenvalue weighted by Gasteiger charge is 2.06. The highest BCUT2D eigenvalue weighted by atomic mass is 16.5. The molecule has 0 aliphatic rings. The summed E-state index contributed by atoms with van der Waals surface area (Å²) in [6, 6.07) is 11.4. The minimum atomic E-state index is -0.501. The topological polar surface area (TPSA) is 42.4 Å². The standard InChI is InChI=1S/C15H17NO2/c1-3-15(17)14-9-8-13(10-16-14)18-12-6-4-11(2)5-7-12/h4-10,15,17H,3H2,1-2H3. The summed E-state index contributed by atoms with van der Waals surface area (Å²) in [6.45, 7) is 3.95. The number of aromatic nitrogens is 1. The first kappa shape index (κ1) is 12.6. The molecule has 1 aromatic heterocycles. The summed E-state index contributed by atoms with van der Waals surface area (Å²) in [5.41, 5.74) is 1.87. The second kappa shape index (κ2) is 5.65. The molecule has 1 N–H and O–H groups in total. The van der Waals surface area contributed by atoms with E-state index in [-0.39, 0.29) is 0 Å². The number of hydrogen-bond acceptors (Lipinski definition) is 3. The lowest BCUT2D eigenvalue weighted by atomic mass is 10.2. The van der Waals surface area contributed by atoms with Crippen molar-refractivity contribution < 1.29 is 9.84 Å². The fourth-order valence-electron chi connectivity index (χ4n) is 1.60. The summed E-state index contributed by atoms with van der Waals surface area (Å²) in [5.74, 6) is 1.46. The maximum atomic E-state index is 9.64. The molecule has 0 saturated carbocycles. The Balaban J connectivity index is 2.08. The van der Waals surface area contributed by atoms with Crippen LogP contribution in [0.15, 0.2) is 42.6 Å². The zero-order valence-corrected chi connectivity index (χ0v) is 10.6. The highest BCUT2D eigenvalue weighted by Crippen LogP contribution is 2.22. The summed E-state index contributed by atoms with van der Waals surface area (Å²) in [6.07, 6.45) is 1.79. The van der Waals surface area contributed by atoms with Gasteiger partial charge in [0.05, 0.1) is 18.0 Å². The normalized spacial score (nSPS) is 12.2. The molecule has 0 radical (unpaired) electrons. The van der Waals surface area contributed by atoms with Gasteiger partial charge in [-0.1, -0.05) is 24.6 Å². The third-order valence-electron chi connectivity index (χ3n) is 2.74. The SMILES string of the molecule is CCC(O)c1ccc(Oc2ccc(C)cc2)cn1. The first-order chi connectivity index (χ1) is 8.69. The molecule has 0 spiro atoms. The molecule has 0 bridgehead atoms. The van der Waals surface area contributed by atoms with Gasteiger partial charge in [-0.15, -0.1) is 0 Å². The van der Waals surface area contributed by atoms with Gasteiger partial charge in [0.1, 0.15) is 11.5 Å². The Hall–Kier alpha value is -1.87. The third kappa shape index (κ3) is 3.08. The van der Waals surface area contributed by atoms with E-state index in [1.807, 2.05) is 44.2 Å². The number of aliphatic hydroxyl groups is 1. The minimum Gasteiger partial charge on any atom is -0.456 e. The molecule has 2 aromatic rings. The van der Waals surface area contributed by atoms with Gasteiger partial charge in [0, 0.05) is 0 Å². The van der Waals surface area contributed by atoms with E-state index in [0.717, 1.165) is 5.75 Å². The van der Waals surface area contributed by atoms with Crippen molar-refractivity contribution in [1.82, 2.24) is 4.98 Å². The largest absolute Gasteiger partial charge is 0.456 e. The minimum absolute atomic E-state index is 0.501. The first-order valence-corrected chi connectivity index (χ1v) is 6.07. The van der Waals surface area contributed by atoms with Gasteiger partial charge in [-0.05, 0) is 37.6 Å². The summed E-state index contributed by atoms with van der Waals surface area (Å²) in [4.78, 5) is 4.19. The second-order valence-electron chi connectivity index (χ2n) is 4.26. The Morgan fingerprint density at radius 1 is 1.11 bits per heavy atom. The zero-order valence-electron chi connectivity index (χ0n) is 10.6. The van der Waals surface area contributed by atoms with E-state index in [0.29, 0.717) is 17.9 Å². The molecular formula is C15H17NO2. The van der Waals surface area contributed by atoms with Crippen LogP contribution in [0.1, 0.15) is 30.7 Å². The summed E-state index contributed by atoms with van der Waals surface area (Å²) >= 11 is 0. The molecule has 1 aromatic carbocycles. The van der Waals surface area contributed by atoms with E-state index in [2.05, 4.69) is 4.98 Å². The molecular weight excluding hydrogens is 226 g/mol. The third-order valence-corrected chi connectivity index (χ3v) is 2.74. The molecule has 0 fully saturated rings. The second-order valence-corrected chi connectivity index (χ2v) is 4.26. The summed E-state index contributed by atoms with van der Waals surface area (Å²) in [5, 5.41) is 9.64. The van der Waals surface area contributed by atoms with Crippen LogP contribution < -0.4 is 4.74 Å². The van der Waals surface area contributed by atoms with Gasteiger partial charge in [-0.2, -0.15) is 0 Å². The van der Waals surface area contributed by atoms with Crippen LogP contribution in [0.4, 0.5) is 0 Å². The highest BCUT2D eigenvalue weighted by molar-refractivity contribution is 5.32. The molecule has 18 heavy (non-hydrogen) atoms. The van der Waals surface area contributed by atoms with Crippen LogP contribution in [0.2, 0.25) is 0 Å². The van der Waals surface area contributed by atoms with Gasteiger partial charge in [-0.25, -0.2) is 0 Å². The molecule has 1 unspecified atom stereocenters. The van der Waals surface area contributed by atoms with Crippen molar-refractivity contribution in [1.29, 1.82) is 0 Å². The van der Waals surface area contributed by atoms with Crippen molar-refractivity contribution >= 4 is 0 Å². The van der Waals surface area contributed by atoms with Crippen molar-refractivity contribution in [2.75, 3.05) is 0 Å². The van der Waals surface area contributed by atoms with Crippen LogP contribution >= 0.6 is 0 Å². The van der Waals surface area contributed by atoms with Crippen molar-refractivity contribution in [2.45, 2.75) is 26.4 Å². The molecule has 1 atom stereocenters. The van der Waals surface area contributed by atoms with Crippen LogP contribution in [-0.4, -0.2) is 10.1 Å². The van der Waals surface area contributed by atoms with Crippen LogP contribution in [0.25, 0.3) is 0 Å². The maximum Gasteiger partial charge on any atom is 0.145 e. The molecule has 2 rings (SSSR count). The Bertz CT molecular complexity index is 491. The van der Waals surface area contributed by atoms with E-state index in [4.69, 9.17) is 4.74 Å². The quantitative estimate of drug-likeness (QED) is 0.891. The average molecular weight is 243 g/mol. The van der Waals surface area contributed by atoms with Crippen LogP contribution in [0, 0.1) is 6.92 Å². The molecule has 3 heteroatoms. The fraction of sp³-hybridized carbons (Fsp3) is 0.267. The molecule has 3 nitrogen and oxygen atoms in total. The number of benzene rings is 1. The monoisotopic (exact) mass is 243 g/mol. The summed E-state index contributed by atoms with van der Waals surface area (Å²) < 4.78 is 5.66. The zero-order chi connectivity index (χ0) is 13.0. The molecule has 1 heterocycles. The molecule has 0 saturated heterocycles. The molecule has 0 aliphatic heterocycles. The van der Waals surface area contributed by atoms with E-state index in [1.54, 1.807) is 12.3 Å². The lowest BCUT2D eigenvalue weighted by Gasteiger charge is -2.09. The predicted molar refractivity (Wildman–Crippen MR) is 70.7 cm³/mol. The van der Waals surface area contributed by atoms with Crippen molar-refractivity contribution in [3.05, 3.63) is 53.9 Å². The van der Waals surface area contributed by atoms with Gasteiger partial charge in [0.2, 0.25) is 0 Å². The number of nitrogens with zero attached hydrogens (tertiary/aromatic N) is 1. The van der Waals surface area contributed by atoms with E-state index in [9.17, 15) is 5.11 Å². The Morgan fingerprint density at radius 2 is 1.78 bits per heavy atom. The number of hydrogen-bond donors (Lipinski definition) is 1. The van der Waals surface area contributed by atoms with Crippen LogP contribution in [0.5, 0.6) is 11.5 Å². The van der Waals surface area contributed by atoms with Gasteiger partial charge in [0.25, 0.3) is 0 Å². The van der Waals surface area contributed by atoms with Gasteiger partial charge < -0.3 is 9.84 Å². The summed E-state index contributed by atoms with van der Waals surface area (Å²) in [7, 11) is 0. The lowest BCUT2D eigenvalue weighted by Crippen LogP contribution is -1.98. The number of pyridine rings is 1. The number of rotatable bonds is 4. The maximum absolute atomic E-state index is 9.64. The molecule has 94 valence electrons. The van der Waals surface area contributed by atoms with Gasteiger partial charge >= 0.3 is 0 Å². The average Bonchev–Trinajstić information content (AvgIpc) is 2.41. The van der Waals surface area contributed by atoms with Crippen LogP contribution in [-0.2, 0) is 0 Å². The number of aryl methyl sites for hydroxylation is 1. The number of ether oxygens (including phenoxy) is 1. The molecule has 0 aliphatic carbocycles. The Morgan fingerprint density at radius 3 is 2.33 bits per heavy atom. The Kier molecular flexibility index (Phi) is 3.95. The molecule has 0 amide bonds. The predicted octanol–water partition coefficient (Wildman–Crippen LogP) is 3.63. The number of aliphatic hydroxyl groups excluding tert-OH is 1. The van der Waals surface area contributed by atoms with Crippen LogP contribution in [0.3, 0.4) is 0 Å². The van der Waals surface area contributed by atoms with Crippen molar-refractivity contribution in [3.8, 4) is 11.5 Å². The smallest absolute Gasteiger partial charge is 0.145 e. The van der Waals surface area contributed by atoms with E-state index < -0.39 is 6.10 Å². The fourth-order valence-corrected chi connectivity index (χ4v) is 1.60. The lowest BCUT2D eigenvalue weighted by molar-refractivity contribution is 0.169. The first-order valence-electron chi connectivity index (χ1n) is 6.07. The van der Waals surface area contributed by atoms with Gasteiger partial charge in [-0.3, -0.25) is 4.98 Å². The van der Waals surface area contributed by atoms with Gasteiger partial charge in [0.15, 0.2) is 0 Å².